The van der Waals surface area contributed by atoms with Gasteiger partial charge in [-0.15, -0.1) is 11.3 Å². The van der Waals surface area contributed by atoms with Gasteiger partial charge in [0.2, 0.25) is 5.95 Å². The van der Waals surface area contributed by atoms with Crippen molar-refractivity contribution in [2.45, 2.75) is 0 Å². The summed E-state index contributed by atoms with van der Waals surface area (Å²) in [6.45, 7) is 0. The Bertz CT molecular complexity index is 3470. The molecule has 12 rings (SSSR count). The fraction of sp³-hybridized carbons (Fsp3) is 0. The number of thiophene rings is 1. The Hall–Kier alpha value is -7.48. The maximum Gasteiger partial charge on any atom is 0.235 e. The van der Waals surface area contributed by atoms with Crippen LogP contribution < -0.4 is 0 Å². The zero-order valence-corrected chi connectivity index (χ0v) is 31.2. The molecule has 0 atom stereocenters. The number of rotatable bonds is 5. The van der Waals surface area contributed by atoms with Gasteiger partial charge in [-0.3, -0.25) is 14.5 Å². The highest BCUT2D eigenvalue weighted by atomic mass is 32.1. The van der Waals surface area contributed by atoms with Gasteiger partial charge in [-0.2, -0.15) is 0 Å². The van der Waals surface area contributed by atoms with Crippen LogP contribution in [0.5, 0.6) is 0 Å². The largest absolute Gasteiger partial charge is 0.308 e. The quantitative estimate of drug-likeness (QED) is 0.176. The standard InChI is InChI=1S/C50H30N6S/c1-4-18-43-33(12-1)37-28-31(22-24-45(37)55(43)47-20-11-15-36-35-14-3-6-21-48(35)57-49(36)47)32-23-25-46-38(29-32)34-13-2-5-19-44(34)56(46)50-53-41(39-16-7-9-26-51-39)30-42(54-50)40-17-8-10-27-52-40/h1-30H. The predicted molar refractivity (Wildman–Crippen MR) is 235 cm³/mol. The van der Waals surface area contributed by atoms with Gasteiger partial charge in [-0.1, -0.05) is 91.0 Å². The van der Waals surface area contributed by atoms with Crippen molar-refractivity contribution in [3.05, 3.63) is 182 Å². The predicted octanol–water partition coefficient (Wildman–Crippen LogP) is 12.8. The Kier molecular flexibility index (Phi) is 7.00. The van der Waals surface area contributed by atoms with Crippen LogP contribution in [0.1, 0.15) is 0 Å². The molecule has 0 radical (unpaired) electrons. The van der Waals surface area contributed by atoms with Gasteiger partial charge in [0.25, 0.3) is 0 Å². The molecule has 12 aromatic rings. The minimum atomic E-state index is 0.570. The molecule has 6 aromatic carbocycles. The summed E-state index contributed by atoms with van der Waals surface area (Å²) in [4.78, 5) is 19.5. The van der Waals surface area contributed by atoms with Crippen LogP contribution in [0.15, 0.2) is 182 Å². The third-order valence-corrected chi connectivity index (χ3v) is 12.3. The second-order valence-electron chi connectivity index (χ2n) is 14.3. The second kappa shape index (κ2) is 12.5. The van der Waals surface area contributed by atoms with Gasteiger partial charge in [0.05, 0.1) is 55.2 Å². The molecule has 0 aliphatic heterocycles. The van der Waals surface area contributed by atoms with E-state index < -0.39 is 0 Å². The molecule has 57 heavy (non-hydrogen) atoms. The van der Waals surface area contributed by atoms with Gasteiger partial charge in [0.1, 0.15) is 0 Å². The van der Waals surface area contributed by atoms with E-state index in [1.54, 1.807) is 12.4 Å². The molecule has 0 saturated carbocycles. The van der Waals surface area contributed by atoms with E-state index in [9.17, 15) is 0 Å². The van der Waals surface area contributed by atoms with Crippen molar-refractivity contribution >= 4 is 75.1 Å². The number of pyridine rings is 2. The van der Waals surface area contributed by atoms with E-state index >= 15 is 0 Å². The van der Waals surface area contributed by atoms with E-state index in [0.29, 0.717) is 5.95 Å². The number of para-hydroxylation sites is 2. The highest BCUT2D eigenvalue weighted by Crippen LogP contribution is 2.42. The average molecular weight is 747 g/mol. The van der Waals surface area contributed by atoms with Crippen molar-refractivity contribution in [1.29, 1.82) is 0 Å². The molecule has 0 fully saturated rings. The minimum Gasteiger partial charge on any atom is -0.308 e. The van der Waals surface area contributed by atoms with Gasteiger partial charge in [0, 0.05) is 49.4 Å². The molecule has 0 amide bonds. The van der Waals surface area contributed by atoms with Gasteiger partial charge < -0.3 is 4.57 Å². The van der Waals surface area contributed by atoms with Crippen LogP contribution in [-0.2, 0) is 0 Å². The van der Waals surface area contributed by atoms with Crippen LogP contribution in [0.2, 0.25) is 0 Å². The molecule has 6 aromatic heterocycles. The van der Waals surface area contributed by atoms with E-state index in [1.165, 1.54) is 47.7 Å². The Balaban J connectivity index is 1.04. The fourth-order valence-electron chi connectivity index (χ4n) is 8.51. The van der Waals surface area contributed by atoms with Crippen molar-refractivity contribution in [3.63, 3.8) is 0 Å². The highest BCUT2D eigenvalue weighted by molar-refractivity contribution is 7.26. The van der Waals surface area contributed by atoms with Crippen molar-refractivity contribution < 1.29 is 0 Å². The molecular weight excluding hydrogens is 717 g/mol. The van der Waals surface area contributed by atoms with Crippen LogP contribution in [-0.4, -0.2) is 29.1 Å². The second-order valence-corrected chi connectivity index (χ2v) is 15.3. The Morgan fingerprint density at radius 2 is 0.895 bits per heavy atom. The van der Waals surface area contributed by atoms with E-state index in [0.717, 1.165) is 55.7 Å². The minimum absolute atomic E-state index is 0.570. The molecule has 266 valence electrons. The number of hydrogen-bond acceptors (Lipinski definition) is 5. The molecule has 0 saturated heterocycles. The maximum atomic E-state index is 5.13. The maximum absolute atomic E-state index is 5.13. The molecule has 0 aliphatic rings. The Morgan fingerprint density at radius 3 is 1.53 bits per heavy atom. The summed E-state index contributed by atoms with van der Waals surface area (Å²) in [6, 6.07) is 60.1. The Morgan fingerprint density at radius 1 is 0.368 bits per heavy atom. The summed E-state index contributed by atoms with van der Waals surface area (Å²) in [7, 11) is 0. The lowest BCUT2D eigenvalue weighted by atomic mass is 10.0. The van der Waals surface area contributed by atoms with Crippen molar-refractivity contribution in [2.75, 3.05) is 0 Å². The van der Waals surface area contributed by atoms with Gasteiger partial charge in [-0.25, -0.2) is 9.97 Å². The van der Waals surface area contributed by atoms with Crippen LogP contribution in [0.25, 0.3) is 109 Å². The number of fused-ring (bicyclic) bond motifs is 9. The van der Waals surface area contributed by atoms with E-state index in [2.05, 4.69) is 146 Å². The molecule has 7 heteroatoms. The summed E-state index contributed by atoms with van der Waals surface area (Å²) in [5.41, 5.74) is 11.0. The van der Waals surface area contributed by atoms with E-state index in [-0.39, 0.29) is 0 Å². The average Bonchev–Trinajstić information content (AvgIpc) is 3.94. The fourth-order valence-corrected chi connectivity index (χ4v) is 9.72. The summed E-state index contributed by atoms with van der Waals surface area (Å²) in [6.07, 6.45) is 3.58. The first-order valence-corrected chi connectivity index (χ1v) is 19.8. The summed E-state index contributed by atoms with van der Waals surface area (Å²) >= 11 is 1.87. The highest BCUT2D eigenvalue weighted by Gasteiger charge is 2.20. The number of nitrogens with zero attached hydrogens (tertiary/aromatic N) is 6. The zero-order valence-electron chi connectivity index (χ0n) is 30.4. The molecule has 6 nitrogen and oxygen atoms in total. The zero-order chi connectivity index (χ0) is 37.5. The molecule has 0 aliphatic carbocycles. The first-order chi connectivity index (χ1) is 28.3. The monoisotopic (exact) mass is 746 g/mol. The van der Waals surface area contributed by atoms with Crippen molar-refractivity contribution in [2.24, 2.45) is 0 Å². The molecule has 6 heterocycles. The molecule has 0 bridgehead atoms. The lowest BCUT2D eigenvalue weighted by Gasteiger charge is -2.11. The smallest absolute Gasteiger partial charge is 0.235 e. The normalized spacial score (nSPS) is 11.9. The molecule has 0 spiro atoms. The van der Waals surface area contributed by atoms with Crippen molar-refractivity contribution in [1.82, 2.24) is 29.1 Å². The van der Waals surface area contributed by atoms with Crippen LogP contribution in [0.3, 0.4) is 0 Å². The van der Waals surface area contributed by atoms with Crippen molar-refractivity contribution in [3.8, 4) is 45.5 Å². The summed E-state index contributed by atoms with van der Waals surface area (Å²) in [5, 5.41) is 7.33. The van der Waals surface area contributed by atoms with E-state index in [1.807, 2.05) is 53.8 Å². The Labute approximate surface area is 330 Å². The number of aromatic nitrogens is 6. The third-order valence-electron chi connectivity index (χ3n) is 11.1. The molecule has 0 unspecified atom stereocenters. The van der Waals surface area contributed by atoms with E-state index in [4.69, 9.17) is 9.97 Å². The third kappa shape index (κ3) is 4.96. The summed E-state index contributed by atoms with van der Waals surface area (Å²) in [5.74, 6) is 0.570. The topological polar surface area (TPSA) is 61.4 Å². The SMILES string of the molecule is c1ccc(-c2cc(-c3ccccn3)nc(-n3c4ccccc4c4cc(-c5ccc6c(c5)c5ccccc5n6-c5cccc6c5sc5ccccc56)ccc43)n2)nc1. The number of benzene rings is 6. The van der Waals surface area contributed by atoms with Gasteiger partial charge in [0.15, 0.2) is 0 Å². The van der Waals surface area contributed by atoms with Gasteiger partial charge >= 0.3 is 0 Å². The van der Waals surface area contributed by atoms with Crippen LogP contribution in [0.4, 0.5) is 0 Å². The molecular formula is C50H30N6S. The van der Waals surface area contributed by atoms with Crippen LogP contribution in [0, 0.1) is 0 Å². The lowest BCUT2D eigenvalue weighted by molar-refractivity contribution is 0.988. The number of hydrogen-bond donors (Lipinski definition) is 0. The lowest BCUT2D eigenvalue weighted by Crippen LogP contribution is -2.04. The first kappa shape index (κ1) is 31.8. The van der Waals surface area contributed by atoms with Crippen LogP contribution >= 0.6 is 11.3 Å². The molecule has 0 N–H and O–H groups in total. The first-order valence-electron chi connectivity index (χ1n) is 19.0. The van der Waals surface area contributed by atoms with Gasteiger partial charge in [-0.05, 0) is 90.0 Å². The summed E-state index contributed by atoms with van der Waals surface area (Å²) < 4.78 is 7.22.